The summed E-state index contributed by atoms with van der Waals surface area (Å²) in [6.07, 6.45) is 1.40. The van der Waals surface area contributed by atoms with Crippen molar-refractivity contribution in [3.63, 3.8) is 0 Å². The summed E-state index contributed by atoms with van der Waals surface area (Å²) in [6, 6.07) is 17.0. The fourth-order valence-corrected chi connectivity index (χ4v) is 2.63. The highest BCUT2D eigenvalue weighted by atomic mass is 16.6. The third-order valence-electron chi connectivity index (χ3n) is 4.33. The lowest BCUT2D eigenvalue weighted by molar-refractivity contribution is -0.385. The summed E-state index contributed by atoms with van der Waals surface area (Å²) in [5, 5.41) is 27.7. The molecule has 12 nitrogen and oxygen atoms in total. The Morgan fingerprint density at radius 2 is 1.41 bits per heavy atom. The third-order valence-corrected chi connectivity index (χ3v) is 4.33. The minimum Gasteiger partial charge on any atom is -0.484 e. The summed E-state index contributed by atoms with van der Waals surface area (Å²) in [4.78, 5) is 44.2. The molecule has 0 fully saturated rings. The van der Waals surface area contributed by atoms with E-state index in [1.54, 1.807) is 24.3 Å². The number of nitro benzene ring substituents is 2. The van der Waals surface area contributed by atoms with Crippen LogP contribution in [0.15, 0.2) is 77.9 Å². The molecule has 0 heterocycles. The minimum atomic E-state index is -0.557. The summed E-state index contributed by atoms with van der Waals surface area (Å²) in [5.41, 5.74) is 3.39. The van der Waals surface area contributed by atoms with Crippen LogP contribution in [0, 0.1) is 20.2 Å². The van der Waals surface area contributed by atoms with Gasteiger partial charge in [0.2, 0.25) is 0 Å². The number of hydrazone groups is 1. The monoisotopic (exact) mass is 463 g/mol. The van der Waals surface area contributed by atoms with Crippen molar-refractivity contribution in [1.29, 1.82) is 0 Å². The molecule has 0 saturated heterocycles. The summed E-state index contributed by atoms with van der Waals surface area (Å²) < 4.78 is 5.40. The van der Waals surface area contributed by atoms with Crippen molar-refractivity contribution < 1.29 is 24.2 Å². The molecule has 3 aromatic rings. The molecule has 34 heavy (non-hydrogen) atoms. The molecule has 0 bridgehead atoms. The van der Waals surface area contributed by atoms with Gasteiger partial charge in [0, 0.05) is 35.5 Å². The first-order valence-corrected chi connectivity index (χ1v) is 9.67. The number of nitro groups is 2. The molecule has 3 rings (SSSR count). The largest absolute Gasteiger partial charge is 0.484 e. The van der Waals surface area contributed by atoms with E-state index in [2.05, 4.69) is 15.8 Å². The van der Waals surface area contributed by atoms with Gasteiger partial charge in [-0.15, -0.1) is 0 Å². The van der Waals surface area contributed by atoms with Crippen LogP contribution in [0.5, 0.6) is 5.75 Å². The van der Waals surface area contributed by atoms with Gasteiger partial charge < -0.3 is 10.1 Å². The highest BCUT2D eigenvalue weighted by Crippen LogP contribution is 2.16. The first-order valence-electron chi connectivity index (χ1n) is 9.67. The molecule has 0 saturated carbocycles. The van der Waals surface area contributed by atoms with Gasteiger partial charge in [-0.05, 0) is 54.1 Å². The maximum Gasteiger partial charge on any atom is 0.271 e. The molecule has 0 radical (unpaired) electrons. The van der Waals surface area contributed by atoms with Gasteiger partial charge in [-0.1, -0.05) is 0 Å². The lowest BCUT2D eigenvalue weighted by atomic mass is 10.2. The van der Waals surface area contributed by atoms with Crippen LogP contribution in [-0.4, -0.2) is 34.5 Å². The van der Waals surface area contributed by atoms with Gasteiger partial charge in [0.05, 0.1) is 16.1 Å². The van der Waals surface area contributed by atoms with Crippen molar-refractivity contribution in [2.24, 2.45) is 5.10 Å². The number of amides is 2. The molecule has 0 aliphatic heterocycles. The first kappa shape index (κ1) is 23.5. The Hall–Kier alpha value is -5.13. The number of nitrogens with one attached hydrogen (secondary N) is 2. The number of non-ortho nitro benzene ring substituents is 2. The molecule has 2 N–H and O–H groups in total. The van der Waals surface area contributed by atoms with Gasteiger partial charge in [0.1, 0.15) is 5.75 Å². The Morgan fingerprint density at radius 3 is 1.97 bits per heavy atom. The van der Waals surface area contributed by atoms with Crippen LogP contribution in [0.3, 0.4) is 0 Å². The normalized spacial score (nSPS) is 10.5. The molecule has 12 heteroatoms. The topological polar surface area (TPSA) is 166 Å². The molecule has 172 valence electrons. The first-order chi connectivity index (χ1) is 16.3. The molecule has 2 amide bonds. The number of anilines is 1. The maximum atomic E-state index is 12.0. The number of carbonyl (C=O) groups is 2. The highest BCUT2D eigenvalue weighted by Gasteiger charge is 2.09. The summed E-state index contributed by atoms with van der Waals surface area (Å²) in [7, 11) is 0. The van der Waals surface area contributed by atoms with Crippen LogP contribution in [0.25, 0.3) is 0 Å². The molecule has 0 aliphatic carbocycles. The molecular weight excluding hydrogens is 446 g/mol. The molecular formula is C22H17N5O7. The van der Waals surface area contributed by atoms with E-state index in [9.17, 15) is 29.8 Å². The molecule has 3 aromatic carbocycles. The summed E-state index contributed by atoms with van der Waals surface area (Å²) >= 11 is 0. The van der Waals surface area contributed by atoms with Crippen LogP contribution in [0.1, 0.15) is 15.9 Å². The second-order valence-electron chi connectivity index (χ2n) is 6.71. The summed E-state index contributed by atoms with van der Waals surface area (Å²) in [6.45, 7) is -0.268. The molecule has 0 aliphatic rings. The van der Waals surface area contributed by atoms with E-state index in [4.69, 9.17) is 4.74 Å². The number of rotatable bonds is 9. The number of ether oxygens (including phenoxy) is 1. The van der Waals surface area contributed by atoms with Crippen LogP contribution in [0.4, 0.5) is 17.1 Å². The van der Waals surface area contributed by atoms with E-state index in [-0.39, 0.29) is 23.5 Å². The zero-order valence-corrected chi connectivity index (χ0v) is 17.4. The Morgan fingerprint density at radius 1 is 0.853 bits per heavy atom. The number of hydrogen-bond donors (Lipinski definition) is 2. The second kappa shape index (κ2) is 10.9. The average molecular weight is 463 g/mol. The Bertz CT molecular complexity index is 1220. The van der Waals surface area contributed by atoms with E-state index in [0.717, 1.165) is 0 Å². The van der Waals surface area contributed by atoms with Gasteiger partial charge in [-0.25, -0.2) is 5.43 Å². The zero-order chi connectivity index (χ0) is 24.5. The SMILES string of the molecule is O=C(COc1ccc(C=NNC(=O)c2ccc([N+](=O)[O-])cc2)cc1)Nc1ccc([N+](=O)[O-])cc1. The average Bonchev–Trinajstić information content (AvgIpc) is 2.84. The van der Waals surface area contributed by atoms with Gasteiger partial charge in [0.25, 0.3) is 23.2 Å². The van der Waals surface area contributed by atoms with Crippen LogP contribution >= 0.6 is 0 Å². The van der Waals surface area contributed by atoms with Crippen molar-refractivity contribution in [3.8, 4) is 5.75 Å². The van der Waals surface area contributed by atoms with Gasteiger partial charge in [0.15, 0.2) is 6.61 Å². The highest BCUT2D eigenvalue weighted by molar-refractivity contribution is 5.95. The van der Waals surface area contributed by atoms with Crippen LogP contribution in [0.2, 0.25) is 0 Å². The standard InChI is InChI=1S/C22H17N5O7/c28-21(24-17-5-9-19(10-6-17)27(32)33)14-34-20-11-1-15(2-12-20)13-23-25-22(29)16-3-7-18(8-4-16)26(30)31/h1-13H,14H2,(H,24,28)(H,25,29). The minimum absolute atomic E-state index is 0.0798. The zero-order valence-electron chi connectivity index (χ0n) is 17.4. The number of hydrogen-bond acceptors (Lipinski definition) is 8. The van der Waals surface area contributed by atoms with Gasteiger partial charge >= 0.3 is 0 Å². The van der Waals surface area contributed by atoms with E-state index >= 15 is 0 Å². The van der Waals surface area contributed by atoms with Crippen LogP contribution < -0.4 is 15.5 Å². The smallest absolute Gasteiger partial charge is 0.271 e. The number of nitrogens with zero attached hydrogens (tertiary/aromatic N) is 3. The van der Waals surface area contributed by atoms with Gasteiger partial charge in [-0.2, -0.15) is 5.10 Å². The Kier molecular flexibility index (Phi) is 7.58. The van der Waals surface area contributed by atoms with Crippen molar-refractivity contribution in [1.82, 2.24) is 5.43 Å². The van der Waals surface area contributed by atoms with Crippen molar-refractivity contribution in [3.05, 3.63) is 104 Å². The van der Waals surface area contributed by atoms with Crippen molar-refractivity contribution in [2.75, 3.05) is 11.9 Å². The van der Waals surface area contributed by atoms with Gasteiger partial charge in [-0.3, -0.25) is 29.8 Å². The molecule has 0 unspecified atom stereocenters. The lowest BCUT2D eigenvalue weighted by Crippen LogP contribution is -2.20. The Labute approximate surface area is 192 Å². The Balaban J connectivity index is 1.45. The predicted molar refractivity (Wildman–Crippen MR) is 122 cm³/mol. The van der Waals surface area contributed by atoms with E-state index in [0.29, 0.717) is 17.0 Å². The van der Waals surface area contributed by atoms with E-state index in [1.807, 2.05) is 0 Å². The van der Waals surface area contributed by atoms with Crippen molar-refractivity contribution in [2.45, 2.75) is 0 Å². The maximum absolute atomic E-state index is 12.0. The van der Waals surface area contributed by atoms with E-state index in [1.165, 1.54) is 54.7 Å². The second-order valence-corrected chi connectivity index (χ2v) is 6.71. The summed E-state index contributed by atoms with van der Waals surface area (Å²) in [5.74, 6) is -0.538. The number of benzene rings is 3. The molecule has 0 atom stereocenters. The fourth-order valence-electron chi connectivity index (χ4n) is 2.63. The predicted octanol–water partition coefficient (Wildman–Crippen LogP) is 3.28. The quantitative estimate of drug-likeness (QED) is 0.279. The van der Waals surface area contributed by atoms with Crippen molar-refractivity contribution >= 4 is 35.1 Å². The fraction of sp³-hybridized carbons (Fsp3) is 0.0455. The number of carbonyl (C=O) groups excluding carboxylic acids is 2. The lowest BCUT2D eigenvalue weighted by Gasteiger charge is -2.07. The van der Waals surface area contributed by atoms with Crippen LogP contribution in [-0.2, 0) is 4.79 Å². The van der Waals surface area contributed by atoms with E-state index < -0.39 is 21.7 Å². The molecule has 0 aromatic heterocycles. The molecule has 0 spiro atoms. The third kappa shape index (κ3) is 6.68.